The maximum atomic E-state index is 11.9. The molecule has 1 N–H and O–H groups in total. The third-order valence-electron chi connectivity index (χ3n) is 2.93. The van der Waals surface area contributed by atoms with Crippen LogP contribution in [0.5, 0.6) is 0 Å². The zero-order chi connectivity index (χ0) is 15.5. The summed E-state index contributed by atoms with van der Waals surface area (Å²) in [7, 11) is 0. The predicted octanol–water partition coefficient (Wildman–Crippen LogP) is 2.81. The van der Waals surface area contributed by atoms with Crippen LogP contribution in [0.25, 0.3) is 10.9 Å². The normalized spacial score (nSPS) is 11.2. The van der Waals surface area contributed by atoms with E-state index < -0.39 is 0 Å². The Morgan fingerprint density at radius 1 is 1.41 bits per heavy atom. The molecule has 1 aromatic carbocycles. The summed E-state index contributed by atoms with van der Waals surface area (Å²) in [6.45, 7) is 1.71. The molecule has 1 amide bonds. The van der Waals surface area contributed by atoms with Crippen LogP contribution in [0.1, 0.15) is 20.9 Å². The van der Waals surface area contributed by atoms with Crippen molar-refractivity contribution in [2.24, 2.45) is 5.10 Å². The number of aryl methyl sites for hydroxylation is 1. The largest absolute Gasteiger partial charge is 0.285 e. The first-order valence-corrected chi connectivity index (χ1v) is 7.48. The lowest BCUT2D eigenvalue weighted by molar-refractivity contribution is 0.0958. The monoisotopic (exact) mass is 331 g/mol. The molecule has 0 radical (unpaired) electrons. The summed E-state index contributed by atoms with van der Waals surface area (Å²) in [5, 5.41) is 8.96. The SMILES string of the molecule is Cc1nnsc1C(=O)NN=Cc1cc2ccccc2nc1Cl. The molecule has 6 nitrogen and oxygen atoms in total. The summed E-state index contributed by atoms with van der Waals surface area (Å²) in [5.41, 5.74) is 4.43. The molecule has 3 aromatic rings. The van der Waals surface area contributed by atoms with Crippen molar-refractivity contribution in [1.82, 2.24) is 20.0 Å². The van der Waals surface area contributed by atoms with Crippen LogP contribution in [0, 0.1) is 6.92 Å². The Labute approximate surface area is 135 Å². The van der Waals surface area contributed by atoms with Crippen LogP contribution in [-0.2, 0) is 0 Å². The van der Waals surface area contributed by atoms with Crippen molar-refractivity contribution in [3.8, 4) is 0 Å². The number of hydrazone groups is 1. The van der Waals surface area contributed by atoms with Crippen LogP contribution in [0.2, 0.25) is 5.15 Å². The Morgan fingerprint density at radius 2 is 2.23 bits per heavy atom. The average Bonchev–Trinajstić information content (AvgIpc) is 2.94. The molecule has 0 aliphatic heterocycles. The van der Waals surface area contributed by atoms with Gasteiger partial charge in [0, 0.05) is 10.9 Å². The molecule has 110 valence electrons. The molecule has 22 heavy (non-hydrogen) atoms. The molecule has 0 saturated carbocycles. The van der Waals surface area contributed by atoms with Crippen molar-refractivity contribution in [2.75, 3.05) is 0 Å². The number of amides is 1. The Hall–Kier alpha value is -2.38. The number of aromatic nitrogens is 3. The second-order valence-electron chi connectivity index (χ2n) is 4.45. The minimum atomic E-state index is -0.353. The van der Waals surface area contributed by atoms with Gasteiger partial charge in [-0.1, -0.05) is 34.3 Å². The van der Waals surface area contributed by atoms with Crippen LogP contribution in [0.3, 0.4) is 0 Å². The molecular formula is C14H10ClN5OS. The minimum Gasteiger partial charge on any atom is -0.266 e. The zero-order valence-corrected chi connectivity index (χ0v) is 13.0. The fraction of sp³-hybridized carbons (Fsp3) is 0.0714. The van der Waals surface area contributed by atoms with Gasteiger partial charge in [-0.25, -0.2) is 10.4 Å². The standard InChI is InChI=1S/C14H10ClN5OS/c1-8-12(22-20-18-8)14(21)19-16-7-10-6-9-4-2-3-5-11(9)17-13(10)15/h2-7H,1H3,(H,19,21). The van der Waals surface area contributed by atoms with E-state index >= 15 is 0 Å². The summed E-state index contributed by atoms with van der Waals surface area (Å²) in [6, 6.07) is 9.48. The number of hydrogen-bond acceptors (Lipinski definition) is 6. The minimum absolute atomic E-state index is 0.326. The van der Waals surface area contributed by atoms with Crippen molar-refractivity contribution in [2.45, 2.75) is 6.92 Å². The van der Waals surface area contributed by atoms with Gasteiger partial charge in [0.25, 0.3) is 5.91 Å². The van der Waals surface area contributed by atoms with Gasteiger partial charge in [-0.05, 0) is 30.6 Å². The number of rotatable bonds is 3. The van der Waals surface area contributed by atoms with Crippen molar-refractivity contribution in [1.29, 1.82) is 0 Å². The van der Waals surface area contributed by atoms with Crippen LogP contribution in [0.15, 0.2) is 35.4 Å². The first-order chi connectivity index (χ1) is 10.6. The molecule has 0 bridgehead atoms. The second-order valence-corrected chi connectivity index (χ2v) is 5.56. The topological polar surface area (TPSA) is 80.1 Å². The Bertz CT molecular complexity index is 877. The highest BCUT2D eigenvalue weighted by molar-refractivity contribution is 7.07. The molecule has 0 saturated heterocycles. The third-order valence-corrected chi connectivity index (χ3v) is 4.06. The van der Waals surface area contributed by atoms with E-state index in [1.54, 1.807) is 6.92 Å². The van der Waals surface area contributed by atoms with E-state index in [9.17, 15) is 4.79 Å². The third kappa shape index (κ3) is 2.95. The summed E-state index contributed by atoms with van der Waals surface area (Å²) in [5.74, 6) is -0.353. The van der Waals surface area contributed by atoms with Crippen LogP contribution in [0.4, 0.5) is 0 Å². The lowest BCUT2D eigenvalue weighted by Crippen LogP contribution is -2.17. The van der Waals surface area contributed by atoms with Gasteiger partial charge >= 0.3 is 0 Å². The Morgan fingerprint density at radius 3 is 3.00 bits per heavy atom. The van der Waals surface area contributed by atoms with E-state index in [4.69, 9.17) is 11.6 Å². The number of benzene rings is 1. The van der Waals surface area contributed by atoms with E-state index in [1.165, 1.54) is 6.21 Å². The fourth-order valence-corrected chi connectivity index (χ4v) is 2.59. The molecular weight excluding hydrogens is 322 g/mol. The van der Waals surface area contributed by atoms with Crippen molar-refractivity contribution in [3.63, 3.8) is 0 Å². The highest BCUT2D eigenvalue weighted by atomic mass is 35.5. The Kier molecular flexibility index (Phi) is 4.08. The van der Waals surface area contributed by atoms with E-state index in [1.807, 2.05) is 30.3 Å². The van der Waals surface area contributed by atoms with Gasteiger partial charge in [0.05, 0.1) is 17.4 Å². The average molecular weight is 332 g/mol. The molecule has 3 rings (SSSR count). The van der Waals surface area contributed by atoms with Gasteiger partial charge < -0.3 is 0 Å². The first-order valence-electron chi connectivity index (χ1n) is 6.33. The quantitative estimate of drug-likeness (QED) is 0.454. The maximum Gasteiger partial charge on any atom is 0.285 e. The molecule has 0 aliphatic carbocycles. The first kappa shape index (κ1) is 14.6. The maximum absolute atomic E-state index is 11.9. The van der Waals surface area contributed by atoms with Crippen molar-refractivity contribution >= 4 is 46.2 Å². The van der Waals surface area contributed by atoms with Gasteiger partial charge in [-0.3, -0.25) is 4.79 Å². The number of nitrogens with one attached hydrogen (secondary N) is 1. The van der Waals surface area contributed by atoms with Crippen molar-refractivity contribution in [3.05, 3.63) is 51.6 Å². The van der Waals surface area contributed by atoms with E-state index in [-0.39, 0.29) is 5.91 Å². The van der Waals surface area contributed by atoms with Crippen LogP contribution in [-0.4, -0.2) is 26.7 Å². The molecule has 2 aromatic heterocycles. The van der Waals surface area contributed by atoms with Crippen LogP contribution >= 0.6 is 23.1 Å². The molecule has 8 heteroatoms. The highest BCUT2D eigenvalue weighted by Crippen LogP contribution is 2.18. The summed E-state index contributed by atoms with van der Waals surface area (Å²) >= 11 is 7.13. The molecule has 0 atom stereocenters. The summed E-state index contributed by atoms with van der Waals surface area (Å²) in [4.78, 5) is 16.6. The number of para-hydroxylation sites is 1. The predicted molar refractivity (Wildman–Crippen MR) is 86.5 cm³/mol. The molecule has 0 unspecified atom stereocenters. The van der Waals surface area contributed by atoms with E-state index in [0.29, 0.717) is 21.3 Å². The lowest BCUT2D eigenvalue weighted by Gasteiger charge is -2.01. The van der Waals surface area contributed by atoms with Gasteiger partial charge in [0.2, 0.25) is 0 Å². The fourth-order valence-electron chi connectivity index (χ4n) is 1.85. The number of pyridine rings is 1. The van der Waals surface area contributed by atoms with Gasteiger partial charge in [0.1, 0.15) is 10.0 Å². The van der Waals surface area contributed by atoms with Gasteiger partial charge in [-0.2, -0.15) is 5.10 Å². The summed E-state index contributed by atoms with van der Waals surface area (Å²) in [6.07, 6.45) is 1.46. The highest BCUT2D eigenvalue weighted by Gasteiger charge is 2.12. The number of carbonyl (C=O) groups is 1. The van der Waals surface area contributed by atoms with E-state index in [2.05, 4.69) is 25.1 Å². The van der Waals surface area contributed by atoms with Gasteiger partial charge in [0.15, 0.2) is 0 Å². The number of hydrogen-bond donors (Lipinski definition) is 1. The molecule has 0 fully saturated rings. The molecule has 0 aliphatic rings. The number of nitrogens with zero attached hydrogens (tertiary/aromatic N) is 4. The number of fused-ring (bicyclic) bond motifs is 1. The van der Waals surface area contributed by atoms with Crippen LogP contribution < -0.4 is 5.43 Å². The smallest absolute Gasteiger partial charge is 0.266 e. The number of carbonyl (C=O) groups excluding carboxylic acids is 1. The van der Waals surface area contributed by atoms with Crippen molar-refractivity contribution < 1.29 is 4.79 Å². The second kappa shape index (κ2) is 6.17. The van der Waals surface area contributed by atoms with E-state index in [0.717, 1.165) is 22.4 Å². The zero-order valence-electron chi connectivity index (χ0n) is 11.4. The molecule has 2 heterocycles. The summed E-state index contributed by atoms with van der Waals surface area (Å²) < 4.78 is 3.71. The number of halogens is 1. The lowest BCUT2D eigenvalue weighted by atomic mass is 10.2. The molecule has 0 spiro atoms. The van der Waals surface area contributed by atoms with Gasteiger partial charge in [-0.15, -0.1) is 5.10 Å². The Balaban J connectivity index is 1.79.